The fourth-order valence-corrected chi connectivity index (χ4v) is 3.96. The van der Waals surface area contributed by atoms with Gasteiger partial charge in [-0.25, -0.2) is 0 Å². The molecule has 0 amide bonds. The molecule has 3 heteroatoms. The molecule has 1 fully saturated rings. The minimum absolute atomic E-state index is 0.216. The van der Waals surface area contributed by atoms with Crippen molar-refractivity contribution in [2.24, 2.45) is 5.73 Å². The number of likely N-dealkylation sites (N-methyl/N-ethyl adjacent to an activating group) is 1. The Morgan fingerprint density at radius 2 is 1.94 bits per heavy atom. The Kier molecular flexibility index (Phi) is 4.71. The lowest BCUT2D eigenvalue weighted by molar-refractivity contribution is 0.107. The molecule has 1 aliphatic heterocycles. The Hall–Kier alpha value is -0.510. The monoisotopic (exact) mass is 264 g/mol. The first kappa shape index (κ1) is 13.9. The Morgan fingerprint density at radius 1 is 1.28 bits per heavy atom. The molecular formula is C15H24N2S. The molecule has 0 radical (unpaired) electrons. The number of hydrogen-bond acceptors (Lipinski definition) is 3. The summed E-state index contributed by atoms with van der Waals surface area (Å²) in [7, 11) is 2.23. The van der Waals surface area contributed by atoms with E-state index in [0.29, 0.717) is 0 Å². The number of hydrogen-bond donors (Lipinski definition) is 1. The summed E-state index contributed by atoms with van der Waals surface area (Å²) >= 11 is 2.06. The van der Waals surface area contributed by atoms with E-state index in [2.05, 4.69) is 54.9 Å². The van der Waals surface area contributed by atoms with Crippen molar-refractivity contribution in [2.75, 3.05) is 25.1 Å². The van der Waals surface area contributed by atoms with Crippen molar-refractivity contribution >= 4 is 11.8 Å². The second-order valence-corrected chi connectivity index (χ2v) is 6.55. The molecule has 100 valence electrons. The Labute approximate surface area is 115 Å². The van der Waals surface area contributed by atoms with Gasteiger partial charge >= 0.3 is 0 Å². The number of benzene rings is 1. The van der Waals surface area contributed by atoms with Crippen molar-refractivity contribution in [1.82, 2.24) is 4.90 Å². The van der Waals surface area contributed by atoms with Crippen LogP contribution in [0.2, 0.25) is 0 Å². The first-order chi connectivity index (χ1) is 8.68. The summed E-state index contributed by atoms with van der Waals surface area (Å²) in [6, 6.07) is 8.65. The van der Waals surface area contributed by atoms with E-state index in [1.165, 1.54) is 35.5 Å². The van der Waals surface area contributed by atoms with Gasteiger partial charge in [0.05, 0.1) is 0 Å². The van der Waals surface area contributed by atoms with Crippen LogP contribution in [0.25, 0.3) is 0 Å². The van der Waals surface area contributed by atoms with Gasteiger partial charge in [-0.3, -0.25) is 4.90 Å². The van der Waals surface area contributed by atoms with Crippen molar-refractivity contribution in [3.05, 3.63) is 35.4 Å². The fraction of sp³-hybridized carbons (Fsp3) is 0.600. The topological polar surface area (TPSA) is 29.3 Å². The molecule has 0 unspecified atom stereocenters. The standard InChI is InChI=1S/C15H24N2S/c1-13-5-3-4-6-14(13)11-17(2)15(12-16)7-9-18-10-8-15/h3-6H,7-12,16H2,1-2H3. The van der Waals surface area contributed by atoms with Crippen LogP contribution in [0.4, 0.5) is 0 Å². The molecule has 0 aromatic heterocycles. The van der Waals surface area contributed by atoms with E-state index in [0.717, 1.165) is 13.1 Å². The largest absolute Gasteiger partial charge is 0.329 e. The number of aryl methyl sites for hydroxylation is 1. The normalized spacial score (nSPS) is 19.1. The SMILES string of the molecule is Cc1ccccc1CN(C)C1(CN)CCSCC1. The molecule has 2 rings (SSSR count). The molecule has 0 atom stereocenters. The highest BCUT2D eigenvalue weighted by Crippen LogP contribution is 2.32. The third-order valence-electron chi connectivity index (χ3n) is 4.28. The molecule has 1 heterocycles. The summed E-state index contributed by atoms with van der Waals surface area (Å²) in [5.74, 6) is 2.49. The third kappa shape index (κ3) is 2.90. The number of rotatable bonds is 4. The van der Waals surface area contributed by atoms with Gasteiger partial charge in [-0.1, -0.05) is 24.3 Å². The van der Waals surface area contributed by atoms with Crippen LogP contribution in [0.15, 0.2) is 24.3 Å². The zero-order chi connectivity index (χ0) is 13.0. The van der Waals surface area contributed by atoms with Gasteiger partial charge in [-0.15, -0.1) is 0 Å². The molecule has 18 heavy (non-hydrogen) atoms. The molecule has 2 N–H and O–H groups in total. The van der Waals surface area contributed by atoms with Gasteiger partial charge in [0, 0.05) is 18.6 Å². The van der Waals surface area contributed by atoms with Crippen LogP contribution in [0.5, 0.6) is 0 Å². The van der Waals surface area contributed by atoms with Crippen molar-refractivity contribution in [3.8, 4) is 0 Å². The highest BCUT2D eigenvalue weighted by atomic mass is 32.2. The highest BCUT2D eigenvalue weighted by Gasteiger charge is 2.34. The van der Waals surface area contributed by atoms with E-state index in [-0.39, 0.29) is 5.54 Å². The van der Waals surface area contributed by atoms with Crippen LogP contribution >= 0.6 is 11.8 Å². The van der Waals surface area contributed by atoms with E-state index in [1.54, 1.807) is 0 Å². The maximum absolute atomic E-state index is 6.08. The molecule has 1 aliphatic rings. The van der Waals surface area contributed by atoms with Crippen LogP contribution < -0.4 is 5.73 Å². The molecule has 2 nitrogen and oxygen atoms in total. The summed E-state index contributed by atoms with van der Waals surface area (Å²) in [4.78, 5) is 2.48. The lowest BCUT2D eigenvalue weighted by atomic mass is 9.90. The van der Waals surface area contributed by atoms with Gasteiger partial charge in [0.1, 0.15) is 0 Å². The van der Waals surface area contributed by atoms with Gasteiger partial charge in [-0.2, -0.15) is 11.8 Å². The predicted octanol–water partition coefficient (Wildman–Crippen LogP) is 2.65. The van der Waals surface area contributed by atoms with Gasteiger partial charge in [0.2, 0.25) is 0 Å². The molecule has 0 bridgehead atoms. The quantitative estimate of drug-likeness (QED) is 0.906. The summed E-state index contributed by atoms with van der Waals surface area (Å²) < 4.78 is 0. The molecule has 0 saturated carbocycles. The van der Waals surface area contributed by atoms with Gasteiger partial charge in [0.25, 0.3) is 0 Å². The number of nitrogens with zero attached hydrogens (tertiary/aromatic N) is 1. The Bertz CT molecular complexity index is 386. The zero-order valence-electron chi connectivity index (χ0n) is 11.5. The van der Waals surface area contributed by atoms with E-state index in [4.69, 9.17) is 5.73 Å². The highest BCUT2D eigenvalue weighted by molar-refractivity contribution is 7.99. The Balaban J connectivity index is 2.10. The Morgan fingerprint density at radius 3 is 2.56 bits per heavy atom. The second-order valence-electron chi connectivity index (χ2n) is 5.32. The third-order valence-corrected chi connectivity index (χ3v) is 5.27. The van der Waals surface area contributed by atoms with Crippen LogP contribution in [0, 0.1) is 6.92 Å². The molecular weight excluding hydrogens is 240 g/mol. The maximum Gasteiger partial charge on any atom is 0.0347 e. The van der Waals surface area contributed by atoms with E-state index in [1.807, 2.05) is 0 Å². The first-order valence-corrected chi connectivity index (χ1v) is 7.87. The number of thioether (sulfide) groups is 1. The van der Waals surface area contributed by atoms with Gasteiger partial charge in [-0.05, 0) is 49.4 Å². The van der Waals surface area contributed by atoms with Gasteiger partial charge < -0.3 is 5.73 Å². The molecule has 1 saturated heterocycles. The summed E-state index contributed by atoms with van der Waals surface area (Å²) in [5.41, 5.74) is 9.09. The average molecular weight is 264 g/mol. The maximum atomic E-state index is 6.08. The summed E-state index contributed by atoms with van der Waals surface area (Å²) in [6.45, 7) is 3.97. The van der Waals surface area contributed by atoms with Crippen molar-refractivity contribution in [1.29, 1.82) is 0 Å². The van der Waals surface area contributed by atoms with E-state index in [9.17, 15) is 0 Å². The predicted molar refractivity (Wildman–Crippen MR) is 81.0 cm³/mol. The molecule has 0 spiro atoms. The molecule has 0 aliphatic carbocycles. The van der Waals surface area contributed by atoms with Crippen molar-refractivity contribution in [3.63, 3.8) is 0 Å². The van der Waals surface area contributed by atoms with Crippen LogP contribution in [-0.2, 0) is 6.54 Å². The molecule has 1 aromatic rings. The minimum atomic E-state index is 0.216. The lowest BCUT2D eigenvalue weighted by Gasteiger charge is -2.44. The first-order valence-electron chi connectivity index (χ1n) is 6.71. The van der Waals surface area contributed by atoms with Crippen LogP contribution in [0.3, 0.4) is 0 Å². The fourth-order valence-electron chi connectivity index (χ4n) is 2.70. The lowest BCUT2D eigenvalue weighted by Crippen LogP contribution is -2.53. The summed E-state index contributed by atoms with van der Waals surface area (Å²) in [5, 5.41) is 0. The van der Waals surface area contributed by atoms with Gasteiger partial charge in [0.15, 0.2) is 0 Å². The van der Waals surface area contributed by atoms with E-state index >= 15 is 0 Å². The van der Waals surface area contributed by atoms with Crippen molar-refractivity contribution < 1.29 is 0 Å². The van der Waals surface area contributed by atoms with E-state index < -0.39 is 0 Å². The molecule has 1 aromatic carbocycles. The number of nitrogens with two attached hydrogens (primary N) is 1. The van der Waals surface area contributed by atoms with Crippen molar-refractivity contribution in [2.45, 2.75) is 31.8 Å². The average Bonchev–Trinajstić information content (AvgIpc) is 2.42. The minimum Gasteiger partial charge on any atom is -0.329 e. The smallest absolute Gasteiger partial charge is 0.0347 e. The second kappa shape index (κ2) is 6.09. The van der Waals surface area contributed by atoms with Crippen LogP contribution in [-0.4, -0.2) is 35.5 Å². The summed E-state index contributed by atoms with van der Waals surface area (Å²) in [6.07, 6.45) is 2.44. The van der Waals surface area contributed by atoms with Crippen LogP contribution in [0.1, 0.15) is 24.0 Å². The zero-order valence-corrected chi connectivity index (χ0v) is 12.3.